The van der Waals surface area contributed by atoms with E-state index in [9.17, 15) is 9.59 Å². The average molecular weight is 285 g/mol. The summed E-state index contributed by atoms with van der Waals surface area (Å²) in [6.45, 7) is 0. The Kier molecular flexibility index (Phi) is 3.15. The SMILES string of the molecule is O=C(O)c1ccc2ccc(C(=O)O)c(Cl)c2c1Cl. The number of carboxylic acids is 2. The van der Waals surface area contributed by atoms with Gasteiger partial charge in [-0.1, -0.05) is 35.3 Å². The third-order valence-electron chi connectivity index (χ3n) is 2.52. The van der Waals surface area contributed by atoms with Crippen molar-refractivity contribution in [1.29, 1.82) is 0 Å². The molecule has 0 fully saturated rings. The zero-order valence-electron chi connectivity index (χ0n) is 8.78. The Morgan fingerprint density at radius 2 is 1.22 bits per heavy atom. The summed E-state index contributed by atoms with van der Waals surface area (Å²) in [7, 11) is 0. The molecule has 2 aromatic carbocycles. The largest absolute Gasteiger partial charge is 0.478 e. The highest BCUT2D eigenvalue weighted by molar-refractivity contribution is 6.45. The summed E-state index contributed by atoms with van der Waals surface area (Å²) in [5, 5.41) is 18.6. The van der Waals surface area contributed by atoms with Crippen molar-refractivity contribution < 1.29 is 19.8 Å². The molecule has 0 heterocycles. The quantitative estimate of drug-likeness (QED) is 0.884. The summed E-state index contributed by atoms with van der Waals surface area (Å²) >= 11 is 11.9. The molecule has 0 aliphatic rings. The first-order valence-electron chi connectivity index (χ1n) is 4.80. The van der Waals surface area contributed by atoms with Gasteiger partial charge < -0.3 is 10.2 Å². The molecule has 4 nitrogen and oxygen atoms in total. The molecule has 2 aromatic rings. The Morgan fingerprint density at radius 3 is 1.56 bits per heavy atom. The van der Waals surface area contributed by atoms with E-state index >= 15 is 0 Å². The van der Waals surface area contributed by atoms with E-state index in [-0.39, 0.29) is 26.6 Å². The lowest BCUT2D eigenvalue weighted by Crippen LogP contribution is -2.01. The Labute approximate surface area is 111 Å². The van der Waals surface area contributed by atoms with Gasteiger partial charge in [0.2, 0.25) is 0 Å². The maximum absolute atomic E-state index is 11.0. The van der Waals surface area contributed by atoms with E-state index in [0.717, 1.165) is 0 Å². The van der Waals surface area contributed by atoms with Gasteiger partial charge in [-0.15, -0.1) is 0 Å². The highest BCUT2D eigenvalue weighted by Crippen LogP contribution is 2.35. The van der Waals surface area contributed by atoms with Crippen LogP contribution < -0.4 is 0 Å². The van der Waals surface area contributed by atoms with Gasteiger partial charge in [-0.3, -0.25) is 0 Å². The van der Waals surface area contributed by atoms with Crippen molar-refractivity contribution in [2.75, 3.05) is 0 Å². The van der Waals surface area contributed by atoms with E-state index in [2.05, 4.69) is 0 Å². The number of fused-ring (bicyclic) bond motifs is 1. The number of aromatic carboxylic acids is 2. The predicted molar refractivity (Wildman–Crippen MR) is 67.9 cm³/mol. The van der Waals surface area contributed by atoms with Gasteiger partial charge in [0.15, 0.2) is 0 Å². The van der Waals surface area contributed by atoms with Crippen molar-refractivity contribution in [3.05, 3.63) is 45.4 Å². The fraction of sp³-hybridized carbons (Fsp3) is 0. The smallest absolute Gasteiger partial charge is 0.337 e. The Balaban J connectivity index is 2.90. The number of rotatable bonds is 2. The summed E-state index contributed by atoms with van der Waals surface area (Å²) < 4.78 is 0. The molecule has 0 saturated heterocycles. The minimum Gasteiger partial charge on any atom is -0.478 e. The molecule has 0 amide bonds. The molecule has 0 aliphatic carbocycles. The predicted octanol–water partition coefficient (Wildman–Crippen LogP) is 3.54. The first-order valence-corrected chi connectivity index (χ1v) is 5.56. The molecule has 0 spiro atoms. The first-order chi connectivity index (χ1) is 8.43. The summed E-state index contributed by atoms with van der Waals surface area (Å²) in [5.41, 5.74) is -0.234. The normalized spacial score (nSPS) is 10.6. The van der Waals surface area contributed by atoms with Gasteiger partial charge in [0.1, 0.15) is 0 Å². The second kappa shape index (κ2) is 4.48. The molecule has 2 rings (SSSR count). The van der Waals surface area contributed by atoms with Gasteiger partial charge in [0, 0.05) is 5.39 Å². The fourth-order valence-corrected chi connectivity index (χ4v) is 2.41. The van der Waals surface area contributed by atoms with Crippen molar-refractivity contribution in [2.45, 2.75) is 0 Å². The lowest BCUT2D eigenvalue weighted by atomic mass is 10.0. The molecule has 0 aromatic heterocycles. The van der Waals surface area contributed by atoms with E-state index in [0.29, 0.717) is 5.39 Å². The Hall–Kier alpha value is -1.78. The van der Waals surface area contributed by atoms with Gasteiger partial charge in [-0.2, -0.15) is 0 Å². The number of halogens is 2. The summed E-state index contributed by atoms with van der Waals surface area (Å²) in [6, 6.07) is 5.76. The number of hydrogen-bond acceptors (Lipinski definition) is 2. The highest BCUT2D eigenvalue weighted by atomic mass is 35.5. The van der Waals surface area contributed by atoms with Crippen LogP contribution in [0, 0.1) is 0 Å². The lowest BCUT2D eigenvalue weighted by molar-refractivity contribution is 0.0687. The third-order valence-corrected chi connectivity index (χ3v) is 3.31. The molecule has 2 N–H and O–H groups in total. The lowest BCUT2D eigenvalue weighted by Gasteiger charge is -2.08. The first kappa shape index (κ1) is 12.7. The number of hydrogen-bond donors (Lipinski definition) is 2. The summed E-state index contributed by atoms with van der Waals surface area (Å²) in [5.74, 6) is -2.39. The van der Waals surface area contributed by atoms with Crippen LogP contribution in [-0.2, 0) is 0 Å². The van der Waals surface area contributed by atoms with Crippen molar-refractivity contribution in [2.24, 2.45) is 0 Å². The maximum Gasteiger partial charge on any atom is 0.337 e. The summed E-state index contributed by atoms with van der Waals surface area (Å²) in [4.78, 5) is 21.9. The third kappa shape index (κ3) is 1.89. The van der Waals surface area contributed by atoms with Crippen LogP contribution in [0.1, 0.15) is 20.7 Å². The minimum absolute atomic E-state index is 0.0619. The van der Waals surface area contributed by atoms with Crippen molar-refractivity contribution in [1.82, 2.24) is 0 Å². The van der Waals surface area contributed by atoms with Gasteiger partial charge in [-0.05, 0) is 17.5 Å². The second-order valence-corrected chi connectivity index (χ2v) is 4.32. The Morgan fingerprint density at radius 1 is 0.833 bits per heavy atom. The molecule has 0 bridgehead atoms. The monoisotopic (exact) mass is 284 g/mol. The van der Waals surface area contributed by atoms with Crippen LogP contribution >= 0.6 is 23.2 Å². The Bertz CT molecular complexity index is 625. The topological polar surface area (TPSA) is 74.6 Å². The number of carboxylic acid groups (broad SMARTS) is 2. The van der Waals surface area contributed by atoms with Crippen LogP contribution in [0.3, 0.4) is 0 Å². The van der Waals surface area contributed by atoms with Gasteiger partial charge >= 0.3 is 11.9 Å². The molecule has 0 saturated carbocycles. The standard InChI is InChI=1S/C12H6Cl2O4/c13-9-6(11(15)16)3-1-5-2-4-7(12(17)18)10(14)8(5)9/h1-4H,(H,15,16)(H,17,18). The zero-order chi connectivity index (χ0) is 13.4. The molecule has 0 unspecified atom stereocenters. The minimum atomic E-state index is -1.20. The molecular weight excluding hydrogens is 279 g/mol. The molecule has 6 heteroatoms. The van der Waals surface area contributed by atoms with Gasteiger partial charge in [0.25, 0.3) is 0 Å². The zero-order valence-corrected chi connectivity index (χ0v) is 10.3. The number of benzene rings is 2. The average Bonchev–Trinajstić information content (AvgIpc) is 2.28. The molecule has 0 aliphatic heterocycles. The van der Waals surface area contributed by atoms with Crippen molar-refractivity contribution in [3.63, 3.8) is 0 Å². The fourth-order valence-electron chi connectivity index (χ4n) is 1.66. The van der Waals surface area contributed by atoms with E-state index in [4.69, 9.17) is 33.4 Å². The van der Waals surface area contributed by atoms with E-state index in [1.54, 1.807) is 0 Å². The van der Waals surface area contributed by atoms with Crippen LogP contribution in [0.2, 0.25) is 10.0 Å². The molecule has 18 heavy (non-hydrogen) atoms. The second-order valence-electron chi connectivity index (χ2n) is 3.56. The van der Waals surface area contributed by atoms with Gasteiger partial charge in [-0.25, -0.2) is 9.59 Å². The van der Waals surface area contributed by atoms with E-state index in [1.807, 2.05) is 0 Å². The van der Waals surface area contributed by atoms with Crippen LogP contribution in [0.5, 0.6) is 0 Å². The van der Waals surface area contributed by atoms with Gasteiger partial charge in [0.05, 0.1) is 21.2 Å². The van der Waals surface area contributed by atoms with Crippen LogP contribution in [0.25, 0.3) is 10.8 Å². The van der Waals surface area contributed by atoms with Crippen molar-refractivity contribution >= 4 is 45.9 Å². The molecule has 0 atom stereocenters. The van der Waals surface area contributed by atoms with Crippen LogP contribution in [-0.4, -0.2) is 22.2 Å². The summed E-state index contributed by atoms with van der Waals surface area (Å²) in [6.07, 6.45) is 0. The van der Waals surface area contributed by atoms with E-state index in [1.165, 1.54) is 24.3 Å². The maximum atomic E-state index is 11.0. The van der Waals surface area contributed by atoms with Crippen molar-refractivity contribution in [3.8, 4) is 0 Å². The molecule has 92 valence electrons. The van der Waals surface area contributed by atoms with E-state index < -0.39 is 11.9 Å². The van der Waals surface area contributed by atoms with Crippen LogP contribution in [0.15, 0.2) is 24.3 Å². The molecule has 0 radical (unpaired) electrons. The highest BCUT2D eigenvalue weighted by Gasteiger charge is 2.18. The molecular formula is C12H6Cl2O4. The van der Waals surface area contributed by atoms with Crippen LogP contribution in [0.4, 0.5) is 0 Å². The number of carbonyl (C=O) groups is 2.